The number of amides is 2. The molecule has 34 heavy (non-hydrogen) atoms. The van der Waals surface area contributed by atoms with Crippen LogP contribution in [-0.4, -0.2) is 47.6 Å². The molecule has 1 aliphatic heterocycles. The minimum Gasteiger partial charge on any atom is -0.484 e. The number of carbonyl (C=O) groups is 2. The maximum Gasteiger partial charge on any atom is 0.261 e. The second-order valence-corrected chi connectivity index (χ2v) is 9.27. The van der Waals surface area contributed by atoms with Crippen LogP contribution in [0.15, 0.2) is 66.0 Å². The number of hydrogen-bond donors (Lipinski definition) is 0. The fourth-order valence-electron chi connectivity index (χ4n) is 3.63. The van der Waals surface area contributed by atoms with Crippen LogP contribution in [0.25, 0.3) is 0 Å². The molecule has 0 unspecified atom stereocenters. The second-order valence-electron chi connectivity index (χ2n) is 8.23. The quantitative estimate of drug-likeness (QED) is 0.432. The molecule has 7 nitrogen and oxygen atoms in total. The van der Waals surface area contributed by atoms with Crippen LogP contribution in [0.5, 0.6) is 17.2 Å². The number of rotatable bonds is 10. The Morgan fingerprint density at radius 3 is 2.50 bits per heavy atom. The van der Waals surface area contributed by atoms with Crippen molar-refractivity contribution in [1.29, 1.82) is 0 Å². The molecule has 4 rings (SSSR count). The third kappa shape index (κ3) is 6.08. The number of nitrogens with zero attached hydrogens (tertiary/aromatic N) is 2. The summed E-state index contributed by atoms with van der Waals surface area (Å²) in [4.78, 5) is 30.8. The number of carbonyl (C=O) groups excluding carboxylic acids is 2. The number of ether oxygens (including phenoxy) is 3. The highest BCUT2D eigenvalue weighted by Gasteiger charge is 2.25. The van der Waals surface area contributed by atoms with Gasteiger partial charge in [-0.15, -0.1) is 11.3 Å². The maximum absolute atomic E-state index is 13.4. The van der Waals surface area contributed by atoms with Crippen molar-refractivity contribution in [3.63, 3.8) is 0 Å². The highest BCUT2D eigenvalue weighted by molar-refractivity contribution is 7.09. The smallest absolute Gasteiger partial charge is 0.261 e. The van der Waals surface area contributed by atoms with Gasteiger partial charge in [-0.05, 0) is 55.1 Å². The molecule has 2 heterocycles. The Kier molecular flexibility index (Phi) is 7.69. The number of fused-ring (bicyclic) bond motifs is 1. The molecule has 0 atom stereocenters. The molecule has 0 bridgehead atoms. The van der Waals surface area contributed by atoms with Crippen LogP contribution in [0.4, 0.5) is 0 Å². The van der Waals surface area contributed by atoms with Crippen LogP contribution in [-0.2, 0) is 22.7 Å². The molecule has 0 aliphatic carbocycles. The number of hydrogen-bond acceptors (Lipinski definition) is 6. The van der Waals surface area contributed by atoms with E-state index in [9.17, 15) is 9.59 Å². The van der Waals surface area contributed by atoms with Gasteiger partial charge < -0.3 is 24.0 Å². The zero-order valence-corrected chi connectivity index (χ0v) is 20.1. The summed E-state index contributed by atoms with van der Waals surface area (Å²) in [6, 6.07) is 18.7. The van der Waals surface area contributed by atoms with E-state index >= 15 is 0 Å². The van der Waals surface area contributed by atoms with E-state index in [2.05, 4.69) is 0 Å². The molecule has 0 radical (unpaired) electrons. The molecule has 0 saturated heterocycles. The van der Waals surface area contributed by atoms with Crippen LogP contribution in [0.2, 0.25) is 0 Å². The Labute approximate surface area is 203 Å². The lowest BCUT2D eigenvalue weighted by Crippen LogP contribution is -2.47. The largest absolute Gasteiger partial charge is 0.484 e. The average molecular weight is 481 g/mol. The third-order valence-electron chi connectivity index (χ3n) is 5.44. The SMILES string of the molecule is CC(C)N(CC(=O)N(Cc1ccc2c(c1)OCO2)Cc1cccs1)C(=O)COc1ccccc1. The van der Waals surface area contributed by atoms with Crippen LogP contribution in [0.3, 0.4) is 0 Å². The number of thiophene rings is 1. The van der Waals surface area contributed by atoms with Crippen molar-refractivity contribution < 1.29 is 23.8 Å². The molecule has 2 aromatic carbocycles. The normalized spacial score (nSPS) is 12.0. The molecule has 0 spiro atoms. The molecular formula is C26H28N2O5S. The molecule has 2 amide bonds. The van der Waals surface area contributed by atoms with E-state index in [0.29, 0.717) is 30.3 Å². The predicted octanol–water partition coefficient (Wildman–Crippen LogP) is 4.32. The minimum absolute atomic E-state index is 0.0232. The van der Waals surface area contributed by atoms with Gasteiger partial charge in [0.05, 0.1) is 6.54 Å². The fourth-order valence-corrected chi connectivity index (χ4v) is 4.35. The zero-order chi connectivity index (χ0) is 23.9. The van der Waals surface area contributed by atoms with Crippen molar-refractivity contribution in [3.05, 3.63) is 76.5 Å². The molecule has 1 aliphatic rings. The van der Waals surface area contributed by atoms with Gasteiger partial charge in [0.25, 0.3) is 5.91 Å². The summed E-state index contributed by atoms with van der Waals surface area (Å²) in [5.41, 5.74) is 0.934. The van der Waals surface area contributed by atoms with E-state index in [1.807, 2.05) is 67.8 Å². The monoisotopic (exact) mass is 480 g/mol. The van der Waals surface area contributed by atoms with Gasteiger partial charge in [0.2, 0.25) is 12.7 Å². The van der Waals surface area contributed by atoms with Gasteiger partial charge in [-0.25, -0.2) is 0 Å². The summed E-state index contributed by atoms with van der Waals surface area (Å²) in [6.07, 6.45) is 0. The van der Waals surface area contributed by atoms with Crippen molar-refractivity contribution in [2.45, 2.75) is 33.0 Å². The lowest BCUT2D eigenvalue weighted by atomic mass is 10.1. The predicted molar refractivity (Wildman–Crippen MR) is 130 cm³/mol. The van der Waals surface area contributed by atoms with E-state index in [4.69, 9.17) is 14.2 Å². The molecular weight excluding hydrogens is 452 g/mol. The van der Waals surface area contributed by atoms with Crippen molar-refractivity contribution >= 4 is 23.2 Å². The van der Waals surface area contributed by atoms with Crippen molar-refractivity contribution in [2.75, 3.05) is 19.9 Å². The molecule has 0 N–H and O–H groups in total. The molecule has 0 saturated carbocycles. The van der Waals surface area contributed by atoms with Crippen molar-refractivity contribution in [3.8, 4) is 17.2 Å². The van der Waals surface area contributed by atoms with E-state index in [0.717, 1.165) is 10.4 Å². The standard InChI is InChI=1S/C26H28N2O5S/c1-19(2)28(26(30)17-31-21-7-4-3-5-8-21)16-25(29)27(15-22-9-6-12-34-22)14-20-10-11-23-24(13-20)33-18-32-23/h3-13,19H,14-18H2,1-2H3. The second kappa shape index (κ2) is 11.1. The Balaban J connectivity index is 1.45. The lowest BCUT2D eigenvalue weighted by Gasteiger charge is -2.30. The topological polar surface area (TPSA) is 68.3 Å². The first-order chi connectivity index (χ1) is 16.5. The summed E-state index contributed by atoms with van der Waals surface area (Å²) >= 11 is 1.60. The molecule has 1 aromatic heterocycles. The summed E-state index contributed by atoms with van der Waals surface area (Å²) in [7, 11) is 0. The Morgan fingerprint density at radius 1 is 0.971 bits per heavy atom. The summed E-state index contributed by atoms with van der Waals surface area (Å²) in [6.45, 7) is 4.71. The van der Waals surface area contributed by atoms with Gasteiger partial charge in [-0.3, -0.25) is 9.59 Å². The summed E-state index contributed by atoms with van der Waals surface area (Å²) < 4.78 is 16.5. The van der Waals surface area contributed by atoms with E-state index in [1.165, 1.54) is 0 Å². The fraction of sp³-hybridized carbons (Fsp3) is 0.308. The Bertz CT molecular complexity index is 1100. The first-order valence-corrected chi connectivity index (χ1v) is 12.0. The Hall–Kier alpha value is -3.52. The average Bonchev–Trinajstić information content (AvgIpc) is 3.52. The first-order valence-electron chi connectivity index (χ1n) is 11.2. The van der Waals surface area contributed by atoms with E-state index in [1.54, 1.807) is 33.3 Å². The van der Waals surface area contributed by atoms with Gasteiger partial charge in [0.1, 0.15) is 12.3 Å². The van der Waals surface area contributed by atoms with Crippen LogP contribution < -0.4 is 14.2 Å². The van der Waals surface area contributed by atoms with Crippen molar-refractivity contribution in [2.24, 2.45) is 0 Å². The summed E-state index contributed by atoms with van der Waals surface area (Å²) in [5.74, 6) is 1.64. The first kappa shape index (κ1) is 23.6. The summed E-state index contributed by atoms with van der Waals surface area (Å²) in [5, 5.41) is 1.99. The number of para-hydroxylation sites is 1. The van der Waals surface area contributed by atoms with Gasteiger partial charge in [-0.1, -0.05) is 30.3 Å². The van der Waals surface area contributed by atoms with Crippen LogP contribution in [0, 0.1) is 0 Å². The zero-order valence-electron chi connectivity index (χ0n) is 19.3. The van der Waals surface area contributed by atoms with Gasteiger partial charge in [0.15, 0.2) is 18.1 Å². The van der Waals surface area contributed by atoms with Gasteiger partial charge in [-0.2, -0.15) is 0 Å². The third-order valence-corrected chi connectivity index (χ3v) is 6.31. The minimum atomic E-state index is -0.230. The highest BCUT2D eigenvalue weighted by atomic mass is 32.1. The molecule has 8 heteroatoms. The number of benzene rings is 2. The van der Waals surface area contributed by atoms with Gasteiger partial charge >= 0.3 is 0 Å². The van der Waals surface area contributed by atoms with E-state index in [-0.39, 0.29) is 37.8 Å². The lowest BCUT2D eigenvalue weighted by molar-refractivity contribution is -0.143. The van der Waals surface area contributed by atoms with E-state index < -0.39 is 0 Å². The maximum atomic E-state index is 13.4. The molecule has 3 aromatic rings. The Morgan fingerprint density at radius 2 is 1.76 bits per heavy atom. The molecule has 178 valence electrons. The highest BCUT2D eigenvalue weighted by Crippen LogP contribution is 2.33. The van der Waals surface area contributed by atoms with Crippen LogP contribution in [0.1, 0.15) is 24.3 Å². The van der Waals surface area contributed by atoms with Crippen LogP contribution >= 0.6 is 11.3 Å². The van der Waals surface area contributed by atoms with Gasteiger partial charge in [0, 0.05) is 17.5 Å². The van der Waals surface area contributed by atoms with Crippen molar-refractivity contribution in [1.82, 2.24) is 9.80 Å². The molecule has 0 fully saturated rings.